The Morgan fingerprint density at radius 2 is 2.17 bits per heavy atom. The van der Waals surface area contributed by atoms with Gasteiger partial charge in [-0.2, -0.15) is 0 Å². The van der Waals surface area contributed by atoms with E-state index in [2.05, 4.69) is 10.6 Å². The summed E-state index contributed by atoms with van der Waals surface area (Å²) in [6.45, 7) is 4.55. The maximum Gasteiger partial charge on any atom is 0.236 e. The zero-order chi connectivity index (χ0) is 13.0. The van der Waals surface area contributed by atoms with E-state index in [1.54, 1.807) is 0 Å². The normalized spacial score (nSPS) is 24.4. The van der Waals surface area contributed by atoms with Crippen LogP contribution in [0.3, 0.4) is 0 Å². The van der Waals surface area contributed by atoms with Gasteiger partial charge in [-0.25, -0.2) is 0 Å². The molecule has 0 radical (unpaired) electrons. The maximum absolute atomic E-state index is 12.0. The van der Waals surface area contributed by atoms with E-state index in [-0.39, 0.29) is 17.9 Å². The molecule has 0 bridgehead atoms. The second-order valence-electron chi connectivity index (χ2n) is 5.13. The molecule has 1 atom stereocenters. The van der Waals surface area contributed by atoms with Crippen LogP contribution in [0.4, 0.5) is 0 Å². The van der Waals surface area contributed by atoms with Crippen LogP contribution in [0.25, 0.3) is 0 Å². The Bertz CT molecular complexity index is 315. The molecule has 2 heterocycles. The molecule has 102 valence electrons. The molecule has 2 N–H and O–H groups in total. The van der Waals surface area contributed by atoms with Crippen molar-refractivity contribution in [2.24, 2.45) is 0 Å². The highest BCUT2D eigenvalue weighted by atomic mass is 16.2. The molecule has 18 heavy (non-hydrogen) atoms. The third-order valence-electron chi connectivity index (χ3n) is 3.49. The minimum absolute atomic E-state index is 0.127. The van der Waals surface area contributed by atoms with Crippen molar-refractivity contribution in [1.29, 1.82) is 0 Å². The van der Waals surface area contributed by atoms with Crippen LogP contribution in [0.2, 0.25) is 0 Å². The minimum atomic E-state index is 0.127. The van der Waals surface area contributed by atoms with Crippen LogP contribution in [-0.2, 0) is 9.59 Å². The van der Waals surface area contributed by atoms with E-state index in [1.165, 1.54) is 0 Å². The zero-order valence-electron chi connectivity index (χ0n) is 10.9. The van der Waals surface area contributed by atoms with Gasteiger partial charge in [0, 0.05) is 45.2 Å². The SMILES string of the molecule is CN(CC(=O)N1CCNCC1)CC1CCC(=O)N1. The second-order valence-corrected chi connectivity index (χ2v) is 5.13. The Kier molecular flexibility index (Phi) is 4.54. The van der Waals surface area contributed by atoms with Crippen molar-refractivity contribution >= 4 is 11.8 Å². The van der Waals surface area contributed by atoms with Crippen LogP contribution in [-0.4, -0.2) is 74.0 Å². The number of hydrogen-bond donors (Lipinski definition) is 2. The van der Waals surface area contributed by atoms with Crippen molar-refractivity contribution in [2.75, 3.05) is 46.3 Å². The van der Waals surface area contributed by atoms with Gasteiger partial charge in [-0.05, 0) is 13.5 Å². The van der Waals surface area contributed by atoms with Gasteiger partial charge < -0.3 is 15.5 Å². The average molecular weight is 254 g/mol. The topological polar surface area (TPSA) is 64.7 Å². The Hall–Kier alpha value is -1.14. The lowest BCUT2D eigenvalue weighted by Crippen LogP contribution is -2.50. The molecule has 6 nitrogen and oxygen atoms in total. The summed E-state index contributed by atoms with van der Waals surface area (Å²) in [5.74, 6) is 0.310. The summed E-state index contributed by atoms with van der Waals surface area (Å²) >= 11 is 0. The van der Waals surface area contributed by atoms with Gasteiger partial charge in [0.2, 0.25) is 11.8 Å². The summed E-state index contributed by atoms with van der Waals surface area (Å²) in [5.41, 5.74) is 0. The van der Waals surface area contributed by atoms with Gasteiger partial charge in [0.05, 0.1) is 6.54 Å². The zero-order valence-corrected chi connectivity index (χ0v) is 10.9. The fraction of sp³-hybridized carbons (Fsp3) is 0.833. The standard InChI is InChI=1S/C12H22N4O2/c1-15(8-10-2-3-11(17)14-10)9-12(18)16-6-4-13-5-7-16/h10,13H,2-9H2,1H3,(H,14,17). The summed E-state index contributed by atoms with van der Waals surface area (Å²) in [5, 5.41) is 6.15. The molecule has 0 aliphatic carbocycles. The number of nitrogens with zero attached hydrogens (tertiary/aromatic N) is 2. The molecule has 2 aliphatic rings. The molecule has 6 heteroatoms. The lowest BCUT2D eigenvalue weighted by molar-refractivity contribution is -0.132. The first kappa shape index (κ1) is 13.3. The number of likely N-dealkylation sites (N-methyl/N-ethyl adjacent to an activating group) is 1. The highest BCUT2D eigenvalue weighted by Gasteiger charge is 2.23. The molecule has 0 aromatic carbocycles. The highest BCUT2D eigenvalue weighted by molar-refractivity contribution is 5.79. The van der Waals surface area contributed by atoms with Gasteiger partial charge in [0.25, 0.3) is 0 Å². The number of amides is 2. The van der Waals surface area contributed by atoms with Gasteiger partial charge >= 0.3 is 0 Å². The predicted molar refractivity (Wildman–Crippen MR) is 68.1 cm³/mol. The van der Waals surface area contributed by atoms with Gasteiger partial charge in [-0.3, -0.25) is 14.5 Å². The molecule has 0 saturated carbocycles. The number of hydrogen-bond acceptors (Lipinski definition) is 4. The van der Waals surface area contributed by atoms with E-state index in [4.69, 9.17) is 0 Å². The van der Waals surface area contributed by atoms with Crippen LogP contribution < -0.4 is 10.6 Å². The first-order valence-corrected chi connectivity index (χ1v) is 6.61. The average Bonchev–Trinajstić information content (AvgIpc) is 2.75. The van der Waals surface area contributed by atoms with Crippen LogP contribution in [0.1, 0.15) is 12.8 Å². The predicted octanol–water partition coefficient (Wildman–Crippen LogP) is -1.37. The van der Waals surface area contributed by atoms with Gasteiger partial charge in [-0.15, -0.1) is 0 Å². The monoisotopic (exact) mass is 254 g/mol. The first-order chi connectivity index (χ1) is 8.65. The molecule has 2 aliphatic heterocycles. The van der Waals surface area contributed by atoms with Crippen LogP contribution >= 0.6 is 0 Å². The molecule has 0 aromatic heterocycles. The number of carbonyl (C=O) groups is 2. The molecule has 0 spiro atoms. The fourth-order valence-corrected chi connectivity index (χ4v) is 2.50. The van der Waals surface area contributed by atoms with E-state index >= 15 is 0 Å². The quantitative estimate of drug-likeness (QED) is 0.649. The van der Waals surface area contributed by atoms with E-state index in [1.807, 2.05) is 16.8 Å². The van der Waals surface area contributed by atoms with Gasteiger partial charge in [-0.1, -0.05) is 0 Å². The van der Waals surface area contributed by atoms with E-state index < -0.39 is 0 Å². The Morgan fingerprint density at radius 1 is 1.44 bits per heavy atom. The third kappa shape index (κ3) is 3.68. The molecular weight excluding hydrogens is 232 g/mol. The third-order valence-corrected chi connectivity index (χ3v) is 3.49. The lowest BCUT2D eigenvalue weighted by Gasteiger charge is -2.29. The first-order valence-electron chi connectivity index (χ1n) is 6.61. The largest absolute Gasteiger partial charge is 0.352 e. The number of carbonyl (C=O) groups excluding carboxylic acids is 2. The van der Waals surface area contributed by atoms with Crippen LogP contribution in [0.5, 0.6) is 0 Å². The molecule has 2 fully saturated rings. The molecule has 2 amide bonds. The molecule has 2 saturated heterocycles. The van der Waals surface area contributed by atoms with Crippen LogP contribution in [0.15, 0.2) is 0 Å². The fourth-order valence-electron chi connectivity index (χ4n) is 2.50. The van der Waals surface area contributed by atoms with Crippen molar-refractivity contribution in [3.63, 3.8) is 0 Å². The summed E-state index contributed by atoms with van der Waals surface area (Å²) in [4.78, 5) is 27.0. The molecule has 1 unspecified atom stereocenters. The van der Waals surface area contributed by atoms with Crippen molar-refractivity contribution in [3.05, 3.63) is 0 Å². The van der Waals surface area contributed by atoms with Crippen molar-refractivity contribution in [1.82, 2.24) is 20.4 Å². The van der Waals surface area contributed by atoms with Crippen molar-refractivity contribution < 1.29 is 9.59 Å². The van der Waals surface area contributed by atoms with Crippen LogP contribution in [0, 0.1) is 0 Å². The summed E-state index contributed by atoms with van der Waals surface area (Å²) < 4.78 is 0. The minimum Gasteiger partial charge on any atom is -0.352 e. The Morgan fingerprint density at radius 3 is 2.78 bits per heavy atom. The number of piperazine rings is 1. The Labute approximate surface area is 108 Å². The van der Waals surface area contributed by atoms with Gasteiger partial charge in [0.15, 0.2) is 0 Å². The van der Waals surface area contributed by atoms with E-state index in [0.717, 1.165) is 39.1 Å². The highest BCUT2D eigenvalue weighted by Crippen LogP contribution is 2.07. The van der Waals surface area contributed by atoms with Crippen molar-refractivity contribution in [3.8, 4) is 0 Å². The smallest absolute Gasteiger partial charge is 0.236 e. The van der Waals surface area contributed by atoms with E-state index in [0.29, 0.717) is 13.0 Å². The summed E-state index contributed by atoms with van der Waals surface area (Å²) in [6.07, 6.45) is 1.50. The van der Waals surface area contributed by atoms with Crippen molar-refractivity contribution in [2.45, 2.75) is 18.9 Å². The lowest BCUT2D eigenvalue weighted by atomic mass is 10.2. The Balaban J connectivity index is 1.71. The maximum atomic E-state index is 12.0. The number of nitrogens with one attached hydrogen (secondary N) is 2. The second kappa shape index (κ2) is 6.15. The van der Waals surface area contributed by atoms with E-state index in [9.17, 15) is 9.59 Å². The molecule has 0 aromatic rings. The summed E-state index contributed by atoms with van der Waals surface area (Å²) in [6, 6.07) is 0.207. The van der Waals surface area contributed by atoms with Gasteiger partial charge in [0.1, 0.15) is 0 Å². The molecule has 2 rings (SSSR count). The molecular formula is C12H22N4O2. The number of rotatable bonds is 4. The summed E-state index contributed by atoms with van der Waals surface area (Å²) in [7, 11) is 1.94.